The minimum atomic E-state index is 0.429. The van der Waals surface area contributed by atoms with Crippen LogP contribution in [0.5, 0.6) is 0 Å². The minimum Gasteiger partial charge on any atom is -0.455 e. The molecule has 0 saturated carbocycles. The molecule has 274 valence electrons. The number of benzene rings is 8. The van der Waals surface area contributed by atoms with E-state index in [0.29, 0.717) is 34.5 Å². The van der Waals surface area contributed by atoms with Crippen molar-refractivity contribution in [2.24, 2.45) is 0 Å². The third-order valence-electron chi connectivity index (χ3n) is 11.7. The molecule has 0 amide bonds. The molecule has 13 rings (SSSR count). The van der Waals surface area contributed by atoms with Gasteiger partial charge in [0.2, 0.25) is 5.71 Å². The second-order valence-corrected chi connectivity index (χ2v) is 15.0. The SMILES string of the molecule is c1ccc2c(-n3c4ccccc4c4ccc5ccccc5c43)cc(-c3nc(-c4ccc5c(n4)oc4ccccc45)nc(-c4cccc5c4oc4ccccc45)n3)cc2c1. The van der Waals surface area contributed by atoms with E-state index in [1.807, 2.05) is 66.7 Å². The summed E-state index contributed by atoms with van der Waals surface area (Å²) < 4.78 is 15.2. The van der Waals surface area contributed by atoms with Crippen molar-refractivity contribution in [3.8, 4) is 40.0 Å². The largest absolute Gasteiger partial charge is 0.455 e. The molecule has 0 saturated heterocycles. The highest BCUT2D eigenvalue weighted by Crippen LogP contribution is 2.41. The van der Waals surface area contributed by atoms with E-state index < -0.39 is 0 Å². The molecule has 0 spiro atoms. The first-order chi connectivity index (χ1) is 29.2. The summed E-state index contributed by atoms with van der Waals surface area (Å²) in [5.41, 5.74) is 8.33. The zero-order valence-electron chi connectivity index (χ0n) is 31.3. The maximum absolute atomic E-state index is 6.53. The van der Waals surface area contributed by atoms with Gasteiger partial charge >= 0.3 is 0 Å². The molecule has 0 fully saturated rings. The van der Waals surface area contributed by atoms with E-state index in [9.17, 15) is 0 Å². The number of aromatic nitrogens is 5. The Balaban J connectivity index is 1.10. The highest BCUT2D eigenvalue weighted by molar-refractivity contribution is 6.19. The van der Waals surface area contributed by atoms with E-state index in [0.717, 1.165) is 71.3 Å². The van der Waals surface area contributed by atoms with Crippen molar-refractivity contribution in [2.75, 3.05) is 0 Å². The molecule has 0 aliphatic rings. The zero-order chi connectivity index (χ0) is 38.6. The molecule has 0 N–H and O–H groups in total. The first kappa shape index (κ1) is 32.0. The summed E-state index contributed by atoms with van der Waals surface area (Å²) in [6.45, 7) is 0. The molecule has 59 heavy (non-hydrogen) atoms. The maximum Gasteiger partial charge on any atom is 0.227 e. The van der Waals surface area contributed by atoms with Crippen molar-refractivity contribution < 1.29 is 8.83 Å². The van der Waals surface area contributed by atoms with Crippen LogP contribution >= 0.6 is 0 Å². The summed E-state index contributed by atoms with van der Waals surface area (Å²) in [6.07, 6.45) is 0. The fraction of sp³-hybridized carbons (Fsp3) is 0. The number of hydrogen-bond acceptors (Lipinski definition) is 6. The minimum absolute atomic E-state index is 0.429. The van der Waals surface area contributed by atoms with Crippen molar-refractivity contribution >= 4 is 87.4 Å². The van der Waals surface area contributed by atoms with Gasteiger partial charge in [-0.15, -0.1) is 0 Å². The molecule has 0 bridgehead atoms. The van der Waals surface area contributed by atoms with Gasteiger partial charge in [-0.1, -0.05) is 127 Å². The van der Waals surface area contributed by atoms with Gasteiger partial charge in [-0.05, 0) is 59.3 Å². The van der Waals surface area contributed by atoms with Crippen LogP contribution in [0.3, 0.4) is 0 Å². The highest BCUT2D eigenvalue weighted by atomic mass is 16.3. The van der Waals surface area contributed by atoms with E-state index in [-0.39, 0.29) is 0 Å². The average Bonchev–Trinajstić information content (AvgIpc) is 3.98. The van der Waals surface area contributed by atoms with E-state index in [2.05, 4.69) is 114 Å². The topological polar surface area (TPSA) is 82.8 Å². The molecular weight excluding hydrogens is 727 g/mol. The Kier molecular flexibility index (Phi) is 6.60. The van der Waals surface area contributed by atoms with Gasteiger partial charge in [0.1, 0.15) is 22.4 Å². The van der Waals surface area contributed by atoms with Crippen molar-refractivity contribution in [1.82, 2.24) is 24.5 Å². The van der Waals surface area contributed by atoms with Crippen molar-refractivity contribution in [3.05, 3.63) is 176 Å². The average molecular weight is 756 g/mol. The summed E-state index contributed by atoms with van der Waals surface area (Å²) in [6, 6.07) is 60.8. The molecule has 7 nitrogen and oxygen atoms in total. The molecule has 0 unspecified atom stereocenters. The zero-order valence-corrected chi connectivity index (χ0v) is 31.3. The van der Waals surface area contributed by atoms with Crippen molar-refractivity contribution in [2.45, 2.75) is 0 Å². The Bertz CT molecular complexity index is 3870. The van der Waals surface area contributed by atoms with Crippen molar-refractivity contribution in [1.29, 1.82) is 0 Å². The fourth-order valence-electron chi connectivity index (χ4n) is 8.98. The predicted molar refractivity (Wildman–Crippen MR) is 238 cm³/mol. The quantitative estimate of drug-likeness (QED) is 0.178. The Morgan fingerprint density at radius 1 is 0.390 bits per heavy atom. The lowest BCUT2D eigenvalue weighted by molar-refractivity contribution is 0.654. The number of hydrogen-bond donors (Lipinski definition) is 0. The molecule has 13 aromatic rings. The maximum atomic E-state index is 6.53. The molecule has 5 heterocycles. The second-order valence-electron chi connectivity index (χ2n) is 15.0. The van der Waals surface area contributed by atoms with Gasteiger partial charge in [-0.3, -0.25) is 0 Å². The normalized spacial score (nSPS) is 12.1. The molecular formula is C52H29N5O2. The van der Waals surface area contributed by atoms with Crippen LogP contribution in [0.25, 0.3) is 127 Å². The Morgan fingerprint density at radius 3 is 1.90 bits per heavy atom. The lowest BCUT2D eigenvalue weighted by atomic mass is 10.0. The first-order valence-electron chi connectivity index (χ1n) is 19.6. The van der Waals surface area contributed by atoms with E-state index >= 15 is 0 Å². The van der Waals surface area contributed by atoms with Crippen LogP contribution < -0.4 is 0 Å². The van der Waals surface area contributed by atoms with E-state index in [4.69, 9.17) is 28.8 Å². The predicted octanol–water partition coefficient (Wildman–Crippen LogP) is 13.5. The molecule has 7 heteroatoms. The van der Waals surface area contributed by atoms with Gasteiger partial charge in [0, 0.05) is 48.7 Å². The van der Waals surface area contributed by atoms with Gasteiger partial charge in [-0.2, -0.15) is 0 Å². The Hall–Kier alpha value is -8.16. The summed E-state index contributed by atoms with van der Waals surface area (Å²) in [7, 11) is 0. The number of fused-ring (bicyclic) bond motifs is 12. The molecule has 5 aromatic heterocycles. The van der Waals surface area contributed by atoms with E-state index in [1.165, 1.54) is 21.5 Å². The summed E-state index contributed by atoms with van der Waals surface area (Å²) in [5.74, 6) is 1.43. The molecule has 0 radical (unpaired) electrons. The number of para-hydroxylation sites is 4. The fourth-order valence-corrected chi connectivity index (χ4v) is 8.98. The van der Waals surface area contributed by atoms with Gasteiger partial charge < -0.3 is 13.4 Å². The van der Waals surface area contributed by atoms with Crippen LogP contribution in [-0.4, -0.2) is 24.5 Å². The van der Waals surface area contributed by atoms with Crippen LogP contribution in [0.15, 0.2) is 185 Å². The monoisotopic (exact) mass is 755 g/mol. The third-order valence-corrected chi connectivity index (χ3v) is 11.7. The Morgan fingerprint density at radius 2 is 1.03 bits per heavy atom. The molecule has 0 aliphatic carbocycles. The van der Waals surface area contributed by atoms with Gasteiger partial charge in [0.05, 0.1) is 22.3 Å². The number of furan rings is 2. The van der Waals surface area contributed by atoms with Crippen LogP contribution in [0.1, 0.15) is 0 Å². The summed E-state index contributed by atoms with van der Waals surface area (Å²) >= 11 is 0. The van der Waals surface area contributed by atoms with Gasteiger partial charge in [0.15, 0.2) is 17.5 Å². The van der Waals surface area contributed by atoms with Gasteiger partial charge in [-0.25, -0.2) is 19.9 Å². The number of nitrogens with zero attached hydrogens (tertiary/aromatic N) is 5. The molecule has 0 aliphatic heterocycles. The first-order valence-corrected chi connectivity index (χ1v) is 19.6. The Labute approximate surface area is 335 Å². The lowest BCUT2D eigenvalue weighted by Gasteiger charge is -2.15. The third kappa shape index (κ3) is 4.76. The highest BCUT2D eigenvalue weighted by Gasteiger charge is 2.22. The van der Waals surface area contributed by atoms with Crippen LogP contribution in [0, 0.1) is 0 Å². The molecule has 8 aromatic carbocycles. The smallest absolute Gasteiger partial charge is 0.227 e. The number of pyridine rings is 1. The van der Waals surface area contributed by atoms with E-state index in [1.54, 1.807) is 0 Å². The summed E-state index contributed by atoms with van der Waals surface area (Å²) in [5, 5.41) is 10.9. The number of rotatable bonds is 4. The van der Waals surface area contributed by atoms with Crippen molar-refractivity contribution in [3.63, 3.8) is 0 Å². The second kappa shape index (κ2) is 12.2. The van der Waals surface area contributed by atoms with Gasteiger partial charge in [0.25, 0.3) is 0 Å². The van der Waals surface area contributed by atoms with Crippen LogP contribution in [0.4, 0.5) is 0 Å². The van der Waals surface area contributed by atoms with Crippen LogP contribution in [-0.2, 0) is 0 Å². The summed E-state index contributed by atoms with van der Waals surface area (Å²) in [4.78, 5) is 20.6. The lowest BCUT2D eigenvalue weighted by Crippen LogP contribution is -2.03. The standard InChI is InChI=1S/C52H29N5O2/c1-4-15-34-30(12-1)24-25-38-35-16-5-8-21-43(35)57(47(34)38)44-29-32(28-31-13-2-3-14-33(31)44)49-54-50(41-20-11-19-39-36-17-6-9-22-45(36)58-48(39)41)56-51(55-49)42-27-26-40-37-18-7-10-23-46(37)59-52(40)53-42/h1-29H. The molecule has 0 atom stereocenters. The van der Waals surface area contributed by atoms with Crippen LogP contribution in [0.2, 0.25) is 0 Å².